The van der Waals surface area contributed by atoms with E-state index in [9.17, 15) is 9.59 Å². The summed E-state index contributed by atoms with van der Waals surface area (Å²) >= 11 is 1.43. The smallest absolute Gasteiger partial charge is 0.332 e. The Bertz CT molecular complexity index is 1350. The van der Waals surface area contributed by atoms with Crippen LogP contribution >= 0.6 is 11.8 Å². The Labute approximate surface area is 195 Å². The first-order valence-electron chi connectivity index (χ1n) is 10.7. The summed E-state index contributed by atoms with van der Waals surface area (Å²) in [4.78, 5) is 27.7. The molecule has 0 amide bonds. The second-order valence-electron chi connectivity index (χ2n) is 7.20. The maximum Gasteiger partial charge on any atom is 0.332 e. The van der Waals surface area contributed by atoms with Crippen LogP contribution in [0.3, 0.4) is 0 Å². The normalized spacial score (nSPS) is 11.7. The topological polar surface area (TPSA) is 70.3 Å². The molecular weight excluding hydrogens is 436 g/mol. The third-order valence-electron chi connectivity index (χ3n) is 5.01. The van der Waals surface area contributed by atoms with E-state index >= 15 is 0 Å². The van der Waals surface area contributed by atoms with Crippen molar-refractivity contribution in [3.63, 3.8) is 0 Å². The van der Waals surface area contributed by atoms with Crippen molar-refractivity contribution in [3.8, 4) is 0 Å². The zero-order chi connectivity index (χ0) is 23.0. The van der Waals surface area contributed by atoms with Crippen LogP contribution in [0, 0.1) is 0 Å². The second kappa shape index (κ2) is 10.7. The largest absolute Gasteiger partial charge is 0.465 e. The minimum Gasteiger partial charge on any atom is -0.465 e. The molecule has 0 N–H and O–H groups in total. The average molecular weight is 461 g/mol. The van der Waals surface area contributed by atoms with Crippen LogP contribution in [0.4, 0.5) is 0 Å². The van der Waals surface area contributed by atoms with Gasteiger partial charge in [-0.3, -0.25) is 13.9 Å². The molecule has 0 radical (unpaired) electrons. The van der Waals surface area contributed by atoms with Gasteiger partial charge in [0.25, 0.3) is 5.56 Å². The quantitative estimate of drug-likeness (QED) is 0.316. The highest BCUT2D eigenvalue weighted by Gasteiger charge is 2.18. The van der Waals surface area contributed by atoms with Gasteiger partial charge >= 0.3 is 5.69 Å². The Balaban J connectivity index is 1.76. The summed E-state index contributed by atoms with van der Waals surface area (Å²) in [7, 11) is 0. The maximum absolute atomic E-state index is 13.5. The van der Waals surface area contributed by atoms with Crippen molar-refractivity contribution in [2.45, 2.75) is 36.4 Å². The van der Waals surface area contributed by atoms with Crippen LogP contribution in [0.5, 0.6) is 0 Å². The number of furan rings is 2. The summed E-state index contributed by atoms with van der Waals surface area (Å²) in [6.07, 6.45) is 10.9. The SMILES string of the molecule is CCc1c(Sc2ccccc2)n(C/C=C/c2ccco2)c(=O)n(C/C=C/c2ccco2)c1=O. The zero-order valence-corrected chi connectivity index (χ0v) is 19.0. The summed E-state index contributed by atoms with van der Waals surface area (Å²) in [6, 6.07) is 17.0. The Hall–Kier alpha value is -3.71. The van der Waals surface area contributed by atoms with E-state index in [1.165, 1.54) is 16.3 Å². The fraction of sp³-hybridized carbons (Fsp3) is 0.154. The van der Waals surface area contributed by atoms with Crippen molar-refractivity contribution in [3.05, 3.63) is 117 Å². The number of rotatable bonds is 9. The number of benzene rings is 1. The highest BCUT2D eigenvalue weighted by molar-refractivity contribution is 7.99. The van der Waals surface area contributed by atoms with Gasteiger partial charge in [0.2, 0.25) is 0 Å². The Morgan fingerprint density at radius 2 is 1.42 bits per heavy atom. The standard InChI is InChI=1S/C26H24N2O4S/c1-2-23-24(29)27(16-6-10-20-12-8-18-31-20)26(30)28(17-7-11-21-13-9-19-32-21)25(23)33-22-14-4-3-5-15-22/h3-15,18-19H,2,16-17H2,1H3/b10-6+,11-7+. The van der Waals surface area contributed by atoms with Gasteiger partial charge in [-0.1, -0.05) is 49.0 Å². The van der Waals surface area contributed by atoms with Crippen molar-refractivity contribution in [1.82, 2.24) is 9.13 Å². The first kappa shape index (κ1) is 22.5. The van der Waals surface area contributed by atoms with Gasteiger partial charge in [-0.05, 0) is 55.0 Å². The minimum atomic E-state index is -0.358. The number of allylic oxidation sites excluding steroid dienone is 2. The van der Waals surface area contributed by atoms with Crippen molar-refractivity contribution in [2.24, 2.45) is 0 Å². The van der Waals surface area contributed by atoms with Crippen molar-refractivity contribution >= 4 is 23.9 Å². The summed E-state index contributed by atoms with van der Waals surface area (Å²) in [5.74, 6) is 1.36. The number of nitrogens with zero attached hydrogens (tertiary/aromatic N) is 2. The zero-order valence-electron chi connectivity index (χ0n) is 18.2. The summed E-state index contributed by atoms with van der Waals surface area (Å²) in [5, 5.41) is 0.661. The molecule has 0 atom stereocenters. The predicted octanol–water partition coefficient (Wildman–Crippen LogP) is 5.34. The second-order valence-corrected chi connectivity index (χ2v) is 8.26. The van der Waals surface area contributed by atoms with Crippen LogP contribution in [-0.2, 0) is 19.5 Å². The fourth-order valence-corrected chi connectivity index (χ4v) is 4.53. The summed E-state index contributed by atoms with van der Waals surface area (Å²) in [6.45, 7) is 2.40. The van der Waals surface area contributed by atoms with Crippen molar-refractivity contribution in [2.75, 3.05) is 0 Å². The molecule has 168 valence electrons. The fourth-order valence-electron chi connectivity index (χ4n) is 3.40. The molecule has 1 aromatic carbocycles. The molecule has 0 aliphatic heterocycles. The van der Waals surface area contributed by atoms with E-state index in [0.717, 1.165) is 4.90 Å². The van der Waals surface area contributed by atoms with E-state index < -0.39 is 0 Å². The molecule has 0 bridgehead atoms. The molecule has 0 saturated heterocycles. The van der Waals surface area contributed by atoms with Gasteiger partial charge in [0.05, 0.1) is 17.6 Å². The molecule has 6 nitrogen and oxygen atoms in total. The van der Waals surface area contributed by atoms with Crippen LogP contribution < -0.4 is 11.2 Å². The first-order chi connectivity index (χ1) is 16.2. The molecule has 0 spiro atoms. The van der Waals surface area contributed by atoms with Crippen LogP contribution in [0.1, 0.15) is 24.0 Å². The van der Waals surface area contributed by atoms with Crippen LogP contribution in [0.15, 0.2) is 108 Å². The van der Waals surface area contributed by atoms with Gasteiger partial charge in [0, 0.05) is 23.5 Å². The lowest BCUT2D eigenvalue weighted by atomic mass is 10.2. The molecule has 0 unspecified atom stereocenters. The van der Waals surface area contributed by atoms with E-state index in [1.54, 1.807) is 35.3 Å². The van der Waals surface area contributed by atoms with Crippen molar-refractivity contribution < 1.29 is 8.83 Å². The maximum atomic E-state index is 13.5. The molecule has 7 heteroatoms. The van der Waals surface area contributed by atoms with E-state index in [2.05, 4.69) is 0 Å². The minimum absolute atomic E-state index is 0.156. The third kappa shape index (κ3) is 5.38. The van der Waals surface area contributed by atoms with Crippen molar-refractivity contribution in [1.29, 1.82) is 0 Å². The van der Waals surface area contributed by atoms with E-state index in [1.807, 2.05) is 67.6 Å². The first-order valence-corrected chi connectivity index (χ1v) is 11.5. The van der Waals surface area contributed by atoms with Crippen LogP contribution in [0.2, 0.25) is 0 Å². The molecule has 0 fully saturated rings. The molecule has 0 aliphatic carbocycles. The van der Waals surface area contributed by atoms with Gasteiger partial charge in [-0.25, -0.2) is 4.79 Å². The van der Waals surface area contributed by atoms with E-state index in [-0.39, 0.29) is 17.8 Å². The molecule has 3 heterocycles. The van der Waals surface area contributed by atoms with Crippen LogP contribution in [0.25, 0.3) is 12.2 Å². The molecular formula is C26H24N2O4S. The lowest BCUT2D eigenvalue weighted by Gasteiger charge is -2.17. The molecule has 0 saturated carbocycles. The summed E-state index contributed by atoms with van der Waals surface area (Å²) < 4.78 is 13.6. The average Bonchev–Trinajstić information content (AvgIpc) is 3.53. The highest BCUT2D eigenvalue weighted by atomic mass is 32.2. The predicted molar refractivity (Wildman–Crippen MR) is 130 cm³/mol. The molecule has 4 rings (SSSR count). The number of aromatic nitrogens is 2. The van der Waals surface area contributed by atoms with Gasteiger partial charge in [-0.15, -0.1) is 0 Å². The summed E-state index contributed by atoms with van der Waals surface area (Å²) in [5.41, 5.74) is -0.0126. The molecule has 33 heavy (non-hydrogen) atoms. The monoisotopic (exact) mass is 460 g/mol. The lowest BCUT2D eigenvalue weighted by molar-refractivity contribution is 0.552. The van der Waals surface area contributed by atoms with E-state index in [0.29, 0.717) is 35.1 Å². The molecule has 3 aromatic heterocycles. The van der Waals surface area contributed by atoms with Crippen LogP contribution in [-0.4, -0.2) is 9.13 Å². The van der Waals surface area contributed by atoms with E-state index in [4.69, 9.17) is 8.83 Å². The van der Waals surface area contributed by atoms with Gasteiger partial charge in [0.15, 0.2) is 0 Å². The lowest BCUT2D eigenvalue weighted by Crippen LogP contribution is -2.42. The third-order valence-corrected chi connectivity index (χ3v) is 6.17. The Morgan fingerprint density at radius 3 is 1.97 bits per heavy atom. The van der Waals surface area contributed by atoms with Gasteiger partial charge < -0.3 is 8.83 Å². The number of hydrogen-bond acceptors (Lipinski definition) is 5. The highest BCUT2D eigenvalue weighted by Crippen LogP contribution is 2.28. The molecule has 4 aromatic rings. The van der Waals surface area contributed by atoms with Gasteiger partial charge in [-0.2, -0.15) is 0 Å². The number of hydrogen-bond donors (Lipinski definition) is 0. The van der Waals surface area contributed by atoms with Gasteiger partial charge in [0.1, 0.15) is 11.5 Å². The molecule has 0 aliphatic rings. The Kier molecular flexibility index (Phi) is 7.32. The Morgan fingerprint density at radius 1 is 0.818 bits per heavy atom.